The van der Waals surface area contributed by atoms with Crippen LogP contribution in [0, 0.1) is 0 Å². The Morgan fingerprint density at radius 1 is 0.919 bits per heavy atom. The molecule has 0 radical (unpaired) electrons. The van der Waals surface area contributed by atoms with Crippen LogP contribution in [-0.2, 0) is 16.6 Å². The number of aromatic nitrogens is 2. The molecule has 1 aliphatic carbocycles. The molecule has 37 heavy (non-hydrogen) atoms. The van der Waals surface area contributed by atoms with Crippen molar-refractivity contribution in [3.63, 3.8) is 0 Å². The van der Waals surface area contributed by atoms with Gasteiger partial charge in [-0.1, -0.05) is 102 Å². The summed E-state index contributed by atoms with van der Waals surface area (Å²) in [6.45, 7) is 2.17. The average Bonchev–Trinajstić information content (AvgIpc) is 3.39. The number of benzene rings is 1. The maximum atomic E-state index is 14.3. The second-order valence-electron chi connectivity index (χ2n) is 11.1. The first-order valence-corrected chi connectivity index (χ1v) is 14.8. The lowest BCUT2D eigenvalue weighted by atomic mass is 9.74. The monoisotopic (exact) mass is 510 g/mol. The molecule has 1 atom stereocenters. The first kappa shape index (κ1) is 29.3. The number of unbranched alkanes of at least 4 members (excludes halogenated alkanes) is 8. The molecule has 4 nitrogen and oxygen atoms in total. The van der Waals surface area contributed by atoms with Crippen LogP contribution in [0.15, 0.2) is 36.7 Å². The fraction of sp³-hybridized carbons (Fsp3) is 0.656. The van der Waals surface area contributed by atoms with Crippen LogP contribution < -0.4 is 0 Å². The Morgan fingerprint density at radius 2 is 1.54 bits per heavy atom. The van der Waals surface area contributed by atoms with E-state index in [9.17, 15) is 9.18 Å². The zero-order valence-electron chi connectivity index (χ0n) is 22.9. The minimum Gasteiger partial charge on any atom is -0.481 e. The minimum atomic E-state index is -0.815. The third-order valence-corrected chi connectivity index (χ3v) is 8.15. The van der Waals surface area contributed by atoms with Gasteiger partial charge in [0.1, 0.15) is 6.17 Å². The van der Waals surface area contributed by atoms with Gasteiger partial charge in [0.25, 0.3) is 0 Å². The summed E-state index contributed by atoms with van der Waals surface area (Å²) >= 11 is 0. The minimum absolute atomic E-state index is 0.291. The van der Waals surface area contributed by atoms with Crippen molar-refractivity contribution in [2.45, 2.75) is 134 Å². The molecule has 0 amide bonds. The molecule has 2 aromatic rings. The maximum absolute atomic E-state index is 14.3. The van der Waals surface area contributed by atoms with E-state index in [4.69, 9.17) is 5.11 Å². The van der Waals surface area contributed by atoms with Crippen molar-refractivity contribution < 1.29 is 14.3 Å². The number of alkyl halides is 1. The molecule has 1 saturated carbocycles. The SMILES string of the molecule is CCCCCC[C@@H](F)Cc1cnc(-c2ccc(C3(CCCCCCCCC(=O)O)CCCC3)cc2)nc1. The second-order valence-corrected chi connectivity index (χ2v) is 11.1. The molecule has 1 aromatic heterocycles. The summed E-state index contributed by atoms with van der Waals surface area (Å²) in [5.41, 5.74) is 3.62. The zero-order chi connectivity index (χ0) is 26.3. The summed E-state index contributed by atoms with van der Waals surface area (Å²) in [6.07, 6.45) is 21.5. The Bertz CT molecular complexity index is 907. The van der Waals surface area contributed by atoms with Gasteiger partial charge >= 0.3 is 5.97 Å². The smallest absolute Gasteiger partial charge is 0.303 e. The van der Waals surface area contributed by atoms with Crippen molar-refractivity contribution >= 4 is 5.97 Å². The third-order valence-electron chi connectivity index (χ3n) is 8.15. The molecule has 0 spiro atoms. The van der Waals surface area contributed by atoms with Gasteiger partial charge in [-0.3, -0.25) is 4.79 Å². The number of hydrogen-bond acceptors (Lipinski definition) is 3. The Balaban J connectivity index is 1.48. The van der Waals surface area contributed by atoms with E-state index < -0.39 is 12.1 Å². The van der Waals surface area contributed by atoms with Gasteiger partial charge in [-0.15, -0.1) is 0 Å². The quantitative estimate of drug-likeness (QED) is 0.203. The molecule has 0 aliphatic heterocycles. The van der Waals surface area contributed by atoms with Crippen LogP contribution in [0.5, 0.6) is 0 Å². The molecule has 1 N–H and O–H groups in total. The lowest BCUT2D eigenvalue weighted by Gasteiger charge is -2.30. The summed E-state index contributed by atoms with van der Waals surface area (Å²) in [7, 11) is 0. The molecule has 5 heteroatoms. The first-order valence-electron chi connectivity index (χ1n) is 14.8. The highest BCUT2D eigenvalue weighted by Gasteiger charge is 2.34. The summed E-state index contributed by atoms with van der Waals surface area (Å²) in [5, 5.41) is 8.75. The molecule has 1 aromatic carbocycles. The van der Waals surface area contributed by atoms with Crippen LogP contribution in [0.4, 0.5) is 4.39 Å². The number of carbonyl (C=O) groups is 1. The molecule has 1 heterocycles. The number of halogens is 1. The number of nitrogens with zero attached hydrogens (tertiary/aromatic N) is 2. The third kappa shape index (κ3) is 9.83. The summed E-state index contributed by atoms with van der Waals surface area (Å²) in [5.74, 6) is 0.0215. The standard InChI is InChI=1S/C32H47FN2O2/c1-2-3-4-9-14-29(33)23-26-24-34-31(35-25-26)27-16-18-28(19-17-27)32(21-12-13-22-32)20-11-8-6-5-7-10-15-30(36)37/h16-19,24-25,29H,2-15,20-23H2,1H3,(H,36,37)/t29-/m1/s1. The van der Waals surface area contributed by atoms with E-state index in [-0.39, 0.29) is 0 Å². The van der Waals surface area contributed by atoms with Gasteiger partial charge in [0.05, 0.1) is 0 Å². The van der Waals surface area contributed by atoms with E-state index in [2.05, 4.69) is 41.2 Å². The fourth-order valence-corrected chi connectivity index (χ4v) is 5.91. The molecule has 0 saturated heterocycles. The highest BCUT2D eigenvalue weighted by molar-refractivity contribution is 5.66. The lowest BCUT2D eigenvalue weighted by molar-refractivity contribution is -0.137. The number of aliphatic carboxylic acids is 1. The van der Waals surface area contributed by atoms with Crippen LogP contribution >= 0.6 is 0 Å². The van der Waals surface area contributed by atoms with E-state index in [1.54, 1.807) is 12.4 Å². The van der Waals surface area contributed by atoms with Crippen molar-refractivity contribution in [3.05, 3.63) is 47.8 Å². The van der Waals surface area contributed by atoms with E-state index in [1.807, 2.05) is 0 Å². The topological polar surface area (TPSA) is 63.1 Å². The predicted molar refractivity (Wildman–Crippen MR) is 150 cm³/mol. The molecule has 1 fully saturated rings. The van der Waals surface area contributed by atoms with Crippen molar-refractivity contribution in [3.8, 4) is 11.4 Å². The molecule has 204 valence electrons. The highest BCUT2D eigenvalue weighted by Crippen LogP contribution is 2.45. The fourth-order valence-electron chi connectivity index (χ4n) is 5.91. The number of rotatable bonds is 18. The highest BCUT2D eigenvalue weighted by atomic mass is 19.1. The second kappa shape index (κ2) is 15.8. The molecule has 3 rings (SSSR count). The number of carboxylic acids is 1. The van der Waals surface area contributed by atoms with Gasteiger partial charge in [-0.05, 0) is 48.6 Å². The molecule has 0 unspecified atom stereocenters. The van der Waals surface area contributed by atoms with Crippen molar-refractivity contribution in [2.24, 2.45) is 0 Å². The number of carboxylic acid groups (broad SMARTS) is 1. The Hall–Kier alpha value is -2.30. The lowest BCUT2D eigenvalue weighted by Crippen LogP contribution is -2.21. The van der Waals surface area contributed by atoms with Crippen LogP contribution in [0.2, 0.25) is 0 Å². The summed E-state index contributed by atoms with van der Waals surface area (Å²) in [6, 6.07) is 8.85. The molecular formula is C32H47FN2O2. The van der Waals surface area contributed by atoms with Gasteiger partial charge in [-0.2, -0.15) is 0 Å². The predicted octanol–water partition coefficient (Wildman–Crippen LogP) is 9.01. The first-order chi connectivity index (χ1) is 18.0. The maximum Gasteiger partial charge on any atom is 0.303 e. The van der Waals surface area contributed by atoms with E-state index in [1.165, 1.54) is 69.8 Å². The van der Waals surface area contributed by atoms with Crippen molar-refractivity contribution in [2.75, 3.05) is 0 Å². The van der Waals surface area contributed by atoms with E-state index in [0.29, 0.717) is 30.5 Å². The number of hydrogen-bond donors (Lipinski definition) is 1. The summed E-state index contributed by atoms with van der Waals surface area (Å²) in [4.78, 5) is 19.7. The van der Waals surface area contributed by atoms with Gasteiger partial charge in [0.15, 0.2) is 5.82 Å². The van der Waals surface area contributed by atoms with Crippen LogP contribution in [0.3, 0.4) is 0 Å². The molecular weight excluding hydrogens is 463 g/mol. The largest absolute Gasteiger partial charge is 0.481 e. The van der Waals surface area contributed by atoms with Crippen LogP contribution in [-0.4, -0.2) is 27.2 Å². The molecule has 1 aliphatic rings. The average molecular weight is 511 g/mol. The van der Waals surface area contributed by atoms with Gasteiger partial charge < -0.3 is 5.11 Å². The molecule has 0 bridgehead atoms. The van der Waals surface area contributed by atoms with Crippen LogP contribution in [0.1, 0.15) is 127 Å². The zero-order valence-corrected chi connectivity index (χ0v) is 22.9. The van der Waals surface area contributed by atoms with Gasteiger partial charge in [0, 0.05) is 30.8 Å². The van der Waals surface area contributed by atoms with E-state index in [0.717, 1.165) is 43.2 Å². The Labute approximate surface area is 223 Å². The Kier molecular flexibility index (Phi) is 12.5. The van der Waals surface area contributed by atoms with Crippen molar-refractivity contribution in [1.29, 1.82) is 0 Å². The van der Waals surface area contributed by atoms with Gasteiger partial charge in [0.2, 0.25) is 0 Å². The van der Waals surface area contributed by atoms with Crippen molar-refractivity contribution in [1.82, 2.24) is 9.97 Å². The normalized spacial score (nSPS) is 15.6. The Morgan fingerprint density at radius 3 is 2.19 bits per heavy atom. The summed E-state index contributed by atoms with van der Waals surface area (Å²) < 4.78 is 14.3. The van der Waals surface area contributed by atoms with E-state index >= 15 is 0 Å². The van der Waals surface area contributed by atoms with Gasteiger partial charge in [-0.25, -0.2) is 14.4 Å². The van der Waals surface area contributed by atoms with Crippen LogP contribution in [0.25, 0.3) is 11.4 Å².